The van der Waals surface area contributed by atoms with Crippen LogP contribution in [-0.2, 0) is 0 Å². The van der Waals surface area contributed by atoms with E-state index in [4.69, 9.17) is 0 Å². The molecule has 1 fully saturated rings. The Balaban J connectivity index is 1.96. The Labute approximate surface area is 117 Å². The molecular weight excluding hydrogens is 256 g/mol. The van der Waals surface area contributed by atoms with Crippen molar-refractivity contribution < 1.29 is 4.92 Å². The molecule has 1 saturated carbocycles. The smallest absolute Gasteiger partial charge is 0.269 e. The fourth-order valence-corrected chi connectivity index (χ4v) is 2.93. The minimum absolute atomic E-state index is 0.154. The molecule has 0 aromatic heterocycles. The molecule has 1 atom stereocenters. The van der Waals surface area contributed by atoms with Gasteiger partial charge < -0.3 is 4.90 Å². The number of amidine groups is 1. The van der Waals surface area contributed by atoms with E-state index in [0.717, 1.165) is 11.4 Å². The van der Waals surface area contributed by atoms with Crippen LogP contribution in [0.25, 0.3) is 0 Å². The first-order chi connectivity index (χ1) is 9.66. The number of non-ortho nitro benzene ring substituents is 1. The summed E-state index contributed by atoms with van der Waals surface area (Å²) in [7, 11) is 2.00. The molecule has 1 aliphatic carbocycles. The number of hydrazone groups is 1. The summed E-state index contributed by atoms with van der Waals surface area (Å²) < 4.78 is 0. The highest BCUT2D eigenvalue weighted by atomic mass is 16.6. The second kappa shape index (κ2) is 5.11. The molecule has 6 nitrogen and oxygen atoms in total. The molecule has 0 radical (unpaired) electrons. The predicted octanol–water partition coefficient (Wildman–Crippen LogP) is 2.28. The molecule has 1 N–H and O–H groups in total. The van der Waals surface area contributed by atoms with Crippen molar-refractivity contribution in [2.45, 2.75) is 25.2 Å². The van der Waals surface area contributed by atoms with Crippen LogP contribution in [0.15, 0.2) is 29.4 Å². The zero-order valence-electron chi connectivity index (χ0n) is 11.5. The third-order valence-electron chi connectivity index (χ3n) is 4.23. The molecule has 20 heavy (non-hydrogen) atoms. The van der Waals surface area contributed by atoms with Crippen LogP contribution in [-0.4, -0.2) is 29.4 Å². The molecule has 1 aromatic rings. The van der Waals surface area contributed by atoms with E-state index in [1.165, 1.54) is 19.3 Å². The maximum Gasteiger partial charge on any atom is 0.269 e. The number of nitrogens with zero attached hydrogens (tertiary/aromatic N) is 3. The molecule has 0 saturated heterocycles. The van der Waals surface area contributed by atoms with Crippen molar-refractivity contribution in [3.05, 3.63) is 39.9 Å². The van der Waals surface area contributed by atoms with Crippen molar-refractivity contribution >= 4 is 11.5 Å². The summed E-state index contributed by atoms with van der Waals surface area (Å²) in [6.45, 7) is 0.702. The van der Waals surface area contributed by atoms with Gasteiger partial charge in [0.15, 0.2) is 0 Å². The predicted molar refractivity (Wildman–Crippen MR) is 76.4 cm³/mol. The molecule has 1 heterocycles. The van der Waals surface area contributed by atoms with Gasteiger partial charge in [-0.3, -0.25) is 15.5 Å². The quantitative estimate of drug-likeness (QED) is 0.675. The standard InChI is InChI=1S/C14H18N4O2/c1-17-9-15-16-14(17)13(10-4-2-5-10)11-6-3-7-12(8-11)18(19)20/h3,6-8,10,13,15H,2,4-5,9H2,1H3/t13-/m1/s1. The van der Waals surface area contributed by atoms with Crippen LogP contribution in [0.5, 0.6) is 0 Å². The van der Waals surface area contributed by atoms with Gasteiger partial charge in [0, 0.05) is 25.1 Å². The molecule has 1 aromatic carbocycles. The van der Waals surface area contributed by atoms with Crippen LogP contribution in [0.4, 0.5) is 5.69 Å². The van der Waals surface area contributed by atoms with E-state index in [1.807, 2.05) is 13.1 Å². The molecular formula is C14H18N4O2. The number of hydrogen-bond donors (Lipinski definition) is 1. The highest BCUT2D eigenvalue weighted by Gasteiger charge is 2.35. The minimum Gasteiger partial charge on any atom is -0.342 e. The number of likely N-dealkylation sites (N-methyl/N-ethyl adjacent to an activating group) is 1. The normalized spacial score (nSPS) is 20.1. The van der Waals surface area contributed by atoms with Crippen LogP contribution < -0.4 is 5.43 Å². The lowest BCUT2D eigenvalue weighted by Gasteiger charge is -2.35. The van der Waals surface area contributed by atoms with Crippen LogP contribution in [0.1, 0.15) is 30.7 Å². The van der Waals surface area contributed by atoms with Gasteiger partial charge >= 0.3 is 0 Å². The Hall–Kier alpha value is -2.11. The van der Waals surface area contributed by atoms with Crippen molar-refractivity contribution in [1.29, 1.82) is 0 Å². The van der Waals surface area contributed by atoms with Gasteiger partial charge in [0.1, 0.15) is 12.5 Å². The van der Waals surface area contributed by atoms with Gasteiger partial charge in [-0.2, -0.15) is 5.10 Å². The van der Waals surface area contributed by atoms with Gasteiger partial charge in [-0.25, -0.2) is 0 Å². The van der Waals surface area contributed by atoms with Crippen LogP contribution >= 0.6 is 0 Å². The third-order valence-corrected chi connectivity index (χ3v) is 4.23. The second-order valence-electron chi connectivity index (χ2n) is 5.50. The number of hydrogen-bond acceptors (Lipinski definition) is 5. The van der Waals surface area contributed by atoms with Crippen molar-refractivity contribution in [2.75, 3.05) is 13.7 Å². The van der Waals surface area contributed by atoms with Gasteiger partial charge in [0.2, 0.25) is 0 Å². The van der Waals surface area contributed by atoms with Crippen molar-refractivity contribution in [1.82, 2.24) is 10.3 Å². The van der Waals surface area contributed by atoms with Crippen molar-refractivity contribution in [2.24, 2.45) is 11.0 Å². The second-order valence-corrected chi connectivity index (χ2v) is 5.50. The molecule has 1 aliphatic heterocycles. The van der Waals surface area contributed by atoms with Gasteiger partial charge in [-0.1, -0.05) is 18.6 Å². The summed E-state index contributed by atoms with van der Waals surface area (Å²) in [6, 6.07) is 6.98. The largest absolute Gasteiger partial charge is 0.342 e. The summed E-state index contributed by atoms with van der Waals surface area (Å²) in [5, 5.41) is 15.4. The molecule has 6 heteroatoms. The monoisotopic (exact) mass is 274 g/mol. The van der Waals surface area contributed by atoms with E-state index in [1.54, 1.807) is 18.2 Å². The SMILES string of the molecule is CN1CNN=C1[C@@H](c1cccc([N+](=O)[O-])c1)C1CCC1. The highest BCUT2D eigenvalue weighted by Crippen LogP contribution is 2.41. The minimum atomic E-state index is -0.334. The van der Waals surface area contributed by atoms with Crippen molar-refractivity contribution in [3.63, 3.8) is 0 Å². The average molecular weight is 274 g/mol. The summed E-state index contributed by atoms with van der Waals surface area (Å²) in [4.78, 5) is 12.7. The number of nitro groups is 1. The first-order valence-corrected chi connectivity index (χ1v) is 6.93. The van der Waals surface area contributed by atoms with Crippen LogP contribution in [0, 0.1) is 16.0 Å². The third kappa shape index (κ3) is 2.21. The fraction of sp³-hybridized carbons (Fsp3) is 0.500. The lowest BCUT2D eigenvalue weighted by Crippen LogP contribution is -2.35. The summed E-state index contributed by atoms with van der Waals surface area (Å²) in [6.07, 6.45) is 3.57. The highest BCUT2D eigenvalue weighted by molar-refractivity contribution is 5.90. The molecule has 0 spiro atoms. The van der Waals surface area contributed by atoms with Gasteiger partial charge in [-0.15, -0.1) is 0 Å². The van der Waals surface area contributed by atoms with Crippen molar-refractivity contribution in [3.8, 4) is 0 Å². The Morgan fingerprint density at radius 2 is 2.30 bits per heavy atom. The lowest BCUT2D eigenvalue weighted by molar-refractivity contribution is -0.384. The number of nitrogens with one attached hydrogen (secondary N) is 1. The number of benzene rings is 1. The van der Waals surface area contributed by atoms with Gasteiger partial charge in [-0.05, 0) is 24.3 Å². The van der Waals surface area contributed by atoms with Gasteiger partial charge in [0.05, 0.1) is 4.92 Å². The van der Waals surface area contributed by atoms with E-state index in [-0.39, 0.29) is 16.5 Å². The molecule has 0 amide bonds. The first-order valence-electron chi connectivity index (χ1n) is 6.93. The van der Waals surface area contributed by atoms with Crippen LogP contribution in [0.3, 0.4) is 0 Å². The summed E-state index contributed by atoms with van der Waals surface area (Å²) in [5.74, 6) is 1.69. The van der Waals surface area contributed by atoms with E-state index >= 15 is 0 Å². The maximum atomic E-state index is 11.0. The Bertz CT molecular complexity index is 554. The summed E-state index contributed by atoms with van der Waals surface area (Å²) >= 11 is 0. The zero-order chi connectivity index (χ0) is 14.1. The first kappa shape index (κ1) is 12.9. The molecule has 0 unspecified atom stereocenters. The fourth-order valence-electron chi connectivity index (χ4n) is 2.93. The van der Waals surface area contributed by atoms with Gasteiger partial charge in [0.25, 0.3) is 5.69 Å². The molecule has 3 rings (SSSR count). The molecule has 0 bridgehead atoms. The van der Waals surface area contributed by atoms with E-state index in [0.29, 0.717) is 12.6 Å². The molecule has 106 valence electrons. The van der Waals surface area contributed by atoms with Crippen LogP contribution in [0.2, 0.25) is 0 Å². The topological polar surface area (TPSA) is 70.8 Å². The summed E-state index contributed by atoms with van der Waals surface area (Å²) in [5.41, 5.74) is 4.14. The van der Waals surface area contributed by atoms with E-state index in [2.05, 4.69) is 15.4 Å². The lowest BCUT2D eigenvalue weighted by atomic mass is 9.72. The van der Waals surface area contributed by atoms with E-state index in [9.17, 15) is 10.1 Å². The maximum absolute atomic E-state index is 11.0. The Kier molecular flexibility index (Phi) is 3.30. The molecule has 2 aliphatic rings. The Morgan fingerprint density at radius 1 is 1.50 bits per heavy atom. The number of rotatable bonds is 4. The Morgan fingerprint density at radius 3 is 2.85 bits per heavy atom. The van der Waals surface area contributed by atoms with E-state index < -0.39 is 0 Å². The average Bonchev–Trinajstić information content (AvgIpc) is 2.79. The zero-order valence-corrected chi connectivity index (χ0v) is 11.5. The number of nitro benzene ring substituents is 1.